The van der Waals surface area contributed by atoms with Crippen LogP contribution in [0.2, 0.25) is 0 Å². The normalized spacial score (nSPS) is 30.1. The molecule has 0 radical (unpaired) electrons. The van der Waals surface area contributed by atoms with Gasteiger partial charge in [-0.3, -0.25) is 4.79 Å². The first-order chi connectivity index (χ1) is 11.1. The van der Waals surface area contributed by atoms with E-state index in [1.54, 1.807) is 13.0 Å². The van der Waals surface area contributed by atoms with E-state index >= 15 is 0 Å². The number of aliphatic hydroxyl groups excluding tert-OH is 1. The van der Waals surface area contributed by atoms with Crippen molar-refractivity contribution >= 4 is 5.97 Å². The lowest BCUT2D eigenvalue weighted by atomic mass is 9.74. The van der Waals surface area contributed by atoms with Gasteiger partial charge in [0.05, 0.1) is 12.2 Å². The fourth-order valence-electron chi connectivity index (χ4n) is 3.18. The quantitative estimate of drug-likeness (QED) is 0.593. The minimum Gasteiger partial charge on any atom is -0.455 e. The molecule has 0 aromatic rings. The van der Waals surface area contributed by atoms with E-state index in [-0.39, 0.29) is 17.5 Å². The lowest BCUT2D eigenvalue weighted by molar-refractivity contribution is -0.291. The molecule has 0 spiro atoms. The van der Waals surface area contributed by atoms with Gasteiger partial charge in [-0.15, -0.1) is 0 Å². The predicted molar refractivity (Wildman–Crippen MR) is 93.4 cm³/mol. The monoisotopic (exact) mass is 340 g/mol. The molecule has 1 saturated heterocycles. The predicted octanol–water partition coefficient (Wildman–Crippen LogP) is 3.37. The molecule has 0 saturated carbocycles. The molecular formula is C19H32O5. The van der Waals surface area contributed by atoms with Crippen molar-refractivity contribution in [3.05, 3.63) is 23.8 Å². The zero-order valence-corrected chi connectivity index (χ0v) is 16.0. The van der Waals surface area contributed by atoms with Crippen LogP contribution in [0.5, 0.6) is 0 Å². The van der Waals surface area contributed by atoms with Gasteiger partial charge in [-0.1, -0.05) is 27.4 Å². The summed E-state index contributed by atoms with van der Waals surface area (Å²) in [4.78, 5) is 11.7. The van der Waals surface area contributed by atoms with E-state index < -0.39 is 24.6 Å². The van der Waals surface area contributed by atoms with Crippen molar-refractivity contribution in [3.8, 4) is 0 Å². The van der Waals surface area contributed by atoms with E-state index in [0.29, 0.717) is 0 Å². The Morgan fingerprint density at radius 3 is 2.29 bits per heavy atom. The van der Waals surface area contributed by atoms with E-state index in [2.05, 4.69) is 13.5 Å². The maximum atomic E-state index is 11.7. The number of hydrogen-bond acceptors (Lipinski definition) is 5. The molecule has 24 heavy (non-hydrogen) atoms. The first-order valence-electron chi connectivity index (χ1n) is 8.52. The van der Waals surface area contributed by atoms with Crippen molar-refractivity contribution in [2.24, 2.45) is 5.41 Å². The second-order valence-corrected chi connectivity index (χ2v) is 7.09. The number of carbonyl (C=O) groups excluding carboxylic acids is 1. The Bertz CT molecular complexity index is 492. The number of hydrogen-bond donors (Lipinski definition) is 1. The van der Waals surface area contributed by atoms with E-state index in [4.69, 9.17) is 14.2 Å². The fraction of sp³-hybridized carbons (Fsp3) is 0.737. The third kappa shape index (κ3) is 4.47. The summed E-state index contributed by atoms with van der Waals surface area (Å²) in [6.07, 6.45) is 0.188. The Labute approximate surface area is 145 Å². The Morgan fingerprint density at radius 1 is 1.29 bits per heavy atom. The van der Waals surface area contributed by atoms with Gasteiger partial charge in [-0.2, -0.15) is 0 Å². The highest BCUT2D eigenvalue weighted by Gasteiger charge is 2.49. The average molecular weight is 340 g/mol. The van der Waals surface area contributed by atoms with Gasteiger partial charge in [0.1, 0.15) is 12.2 Å². The Hall–Kier alpha value is -1.17. The molecule has 5 atom stereocenters. The summed E-state index contributed by atoms with van der Waals surface area (Å²) in [5, 5.41) is 9.92. The fourth-order valence-corrected chi connectivity index (χ4v) is 3.18. The summed E-state index contributed by atoms with van der Waals surface area (Å²) in [5.74, 6) is -0.383. The van der Waals surface area contributed by atoms with Gasteiger partial charge in [-0.25, -0.2) is 0 Å². The van der Waals surface area contributed by atoms with Crippen LogP contribution in [0, 0.1) is 5.41 Å². The van der Waals surface area contributed by atoms with Gasteiger partial charge in [-0.05, 0) is 44.4 Å². The summed E-state index contributed by atoms with van der Waals surface area (Å²) in [5.41, 5.74) is 1.20. The van der Waals surface area contributed by atoms with Crippen LogP contribution in [0.4, 0.5) is 0 Å². The highest BCUT2D eigenvalue weighted by molar-refractivity contribution is 5.66. The number of carbonyl (C=O) groups is 1. The number of ether oxygens (including phenoxy) is 3. The molecule has 5 nitrogen and oxygen atoms in total. The topological polar surface area (TPSA) is 65.0 Å². The summed E-state index contributed by atoms with van der Waals surface area (Å²) in [6, 6.07) is 0. The van der Waals surface area contributed by atoms with Crippen molar-refractivity contribution in [3.63, 3.8) is 0 Å². The molecule has 0 aliphatic carbocycles. The molecule has 1 N–H and O–H groups in total. The second-order valence-electron chi connectivity index (χ2n) is 7.09. The van der Waals surface area contributed by atoms with Crippen molar-refractivity contribution in [1.29, 1.82) is 0 Å². The summed E-state index contributed by atoms with van der Waals surface area (Å²) in [7, 11) is 0. The molecule has 1 heterocycles. The molecule has 1 fully saturated rings. The number of rotatable bonds is 6. The van der Waals surface area contributed by atoms with Gasteiger partial charge in [0, 0.05) is 12.3 Å². The van der Waals surface area contributed by atoms with Gasteiger partial charge in [0.2, 0.25) is 0 Å². The van der Waals surface area contributed by atoms with Crippen LogP contribution in [-0.4, -0.2) is 41.8 Å². The third-order valence-corrected chi connectivity index (χ3v) is 4.95. The molecule has 5 heteroatoms. The first-order valence-corrected chi connectivity index (χ1v) is 8.52. The highest BCUT2D eigenvalue weighted by atomic mass is 16.7. The average Bonchev–Trinajstić information content (AvgIpc) is 2.50. The van der Waals surface area contributed by atoms with Gasteiger partial charge >= 0.3 is 5.97 Å². The largest absolute Gasteiger partial charge is 0.455 e. The van der Waals surface area contributed by atoms with Crippen molar-refractivity contribution < 1.29 is 24.1 Å². The van der Waals surface area contributed by atoms with Crippen molar-refractivity contribution in [2.75, 3.05) is 0 Å². The molecule has 0 amide bonds. The van der Waals surface area contributed by atoms with Crippen LogP contribution in [-0.2, 0) is 19.0 Å². The SMILES string of the molecule is C=CC1O[C@@H](CC)C(C)(C)[C@H]([C@@H](OC(C)=O)/C(C)=C(\C)[C@H](C)O)O1. The molecule has 1 aliphatic rings. The smallest absolute Gasteiger partial charge is 0.303 e. The summed E-state index contributed by atoms with van der Waals surface area (Å²) >= 11 is 0. The minimum atomic E-state index is -0.622. The highest BCUT2D eigenvalue weighted by Crippen LogP contribution is 2.42. The molecule has 0 aromatic heterocycles. The molecule has 0 aromatic carbocycles. The maximum Gasteiger partial charge on any atom is 0.303 e. The maximum absolute atomic E-state index is 11.7. The van der Waals surface area contributed by atoms with Gasteiger partial charge in [0.15, 0.2) is 6.29 Å². The van der Waals surface area contributed by atoms with Crippen molar-refractivity contribution in [2.45, 2.75) is 85.6 Å². The Morgan fingerprint density at radius 2 is 1.88 bits per heavy atom. The number of esters is 1. The summed E-state index contributed by atoms with van der Waals surface area (Å²) in [6.45, 7) is 16.7. The van der Waals surface area contributed by atoms with Crippen LogP contribution in [0.3, 0.4) is 0 Å². The van der Waals surface area contributed by atoms with Crippen LogP contribution in [0.15, 0.2) is 23.8 Å². The number of aliphatic hydroxyl groups is 1. The standard InChI is InChI=1S/C19H32O5/c1-9-15-19(7,8)18(24-16(10-2)23-15)17(22-14(6)21)12(4)11(3)13(5)20/h10,13,15-18,20H,2,9H2,1,3-8H3/b12-11+/t13-,15-,16?,17-,18-/m0/s1. The van der Waals surface area contributed by atoms with E-state index in [0.717, 1.165) is 17.6 Å². The van der Waals surface area contributed by atoms with Gasteiger partial charge < -0.3 is 19.3 Å². The van der Waals surface area contributed by atoms with Crippen LogP contribution in [0.1, 0.15) is 54.9 Å². The van der Waals surface area contributed by atoms with E-state index in [9.17, 15) is 9.90 Å². The summed E-state index contributed by atoms with van der Waals surface area (Å²) < 4.78 is 17.6. The molecule has 1 unspecified atom stereocenters. The minimum absolute atomic E-state index is 0.0584. The van der Waals surface area contributed by atoms with Gasteiger partial charge in [0.25, 0.3) is 0 Å². The molecule has 0 bridgehead atoms. The van der Waals surface area contributed by atoms with Crippen LogP contribution < -0.4 is 0 Å². The molecule has 1 aliphatic heterocycles. The molecule has 1 rings (SSSR count). The Kier molecular flexibility index (Phi) is 7.20. The van der Waals surface area contributed by atoms with E-state index in [1.165, 1.54) is 6.92 Å². The molecule has 138 valence electrons. The van der Waals surface area contributed by atoms with E-state index in [1.807, 2.05) is 27.7 Å². The Balaban J connectivity index is 3.34. The lowest BCUT2D eigenvalue weighted by Crippen LogP contribution is -2.57. The molecular weight excluding hydrogens is 308 g/mol. The zero-order chi connectivity index (χ0) is 18.7. The first kappa shape index (κ1) is 20.9. The van der Waals surface area contributed by atoms with Crippen LogP contribution in [0.25, 0.3) is 0 Å². The third-order valence-electron chi connectivity index (χ3n) is 4.95. The lowest BCUT2D eigenvalue weighted by Gasteiger charge is -2.49. The van der Waals surface area contributed by atoms with Crippen molar-refractivity contribution in [1.82, 2.24) is 0 Å². The second kappa shape index (κ2) is 8.28. The zero-order valence-electron chi connectivity index (χ0n) is 16.0. The van der Waals surface area contributed by atoms with Crippen LogP contribution >= 0.6 is 0 Å².